The molecular weight excluding hydrogens is 565 g/mol. The molecule has 10 heteroatoms. The van der Waals surface area contributed by atoms with Crippen molar-refractivity contribution in [1.29, 1.82) is 0 Å². The van der Waals surface area contributed by atoms with E-state index in [9.17, 15) is 18.9 Å². The first-order valence-electron chi connectivity index (χ1n) is 14.3. The smallest absolute Gasteiger partial charge is 0.255 e. The molecule has 0 radical (unpaired) electrons. The summed E-state index contributed by atoms with van der Waals surface area (Å²) in [6, 6.07) is 22.5. The quantitative estimate of drug-likeness (QED) is 0.196. The van der Waals surface area contributed by atoms with Crippen LogP contribution in [0.2, 0.25) is 0 Å². The molecule has 3 aromatic carbocycles. The Morgan fingerprint density at radius 1 is 0.837 bits per heavy atom. The third-order valence-electron chi connectivity index (χ3n) is 7.11. The molecule has 3 atom stereocenters. The van der Waals surface area contributed by atoms with Crippen LogP contribution in [0.15, 0.2) is 78.9 Å². The van der Waals surface area contributed by atoms with Crippen LogP contribution < -0.4 is 20.7 Å². The number of likely N-dealkylation sites (N-methyl/N-ethyl adjacent to an activating group) is 1. The molecule has 0 fully saturated rings. The van der Waals surface area contributed by atoms with Crippen LogP contribution in [-0.4, -0.2) is 51.2 Å². The maximum Gasteiger partial charge on any atom is 0.255 e. The van der Waals surface area contributed by atoms with E-state index in [1.807, 2.05) is 32.0 Å². The molecule has 0 heterocycles. The Labute approximate surface area is 254 Å². The van der Waals surface area contributed by atoms with Gasteiger partial charge in [-0.2, -0.15) is 0 Å². The number of nitrogens with one attached hydrogen (secondary N) is 3. The fourth-order valence-electron chi connectivity index (χ4n) is 4.81. The highest BCUT2D eigenvalue weighted by Crippen LogP contribution is 2.51. The zero-order valence-corrected chi connectivity index (χ0v) is 26.4. The molecule has 3 amide bonds. The van der Waals surface area contributed by atoms with Crippen LogP contribution in [0, 0.1) is 11.8 Å². The Morgan fingerprint density at radius 2 is 1.47 bits per heavy atom. The number of anilines is 1. The predicted molar refractivity (Wildman–Crippen MR) is 170 cm³/mol. The van der Waals surface area contributed by atoms with Gasteiger partial charge in [-0.1, -0.05) is 56.3 Å². The lowest BCUT2D eigenvalue weighted by molar-refractivity contribution is -0.130. The standard InChI is InChI=1S/C33H42N3O6P/c1-23(2)19-27(32(38)36-30(33(39)34-3)20-24-13-17-29(41-4)18-14-24)22-43(40,42-5)21-25-11-15-28(16-12-25)35-31(37)26-9-7-6-8-10-26/h6-18,23,27,30H,19-22H2,1-5H3,(H,34,39)(H,35,37)(H,36,38). The van der Waals surface area contributed by atoms with Gasteiger partial charge < -0.3 is 25.2 Å². The average molecular weight is 608 g/mol. The van der Waals surface area contributed by atoms with Crippen molar-refractivity contribution in [1.82, 2.24) is 10.6 Å². The third-order valence-corrected chi connectivity index (χ3v) is 9.62. The molecule has 0 saturated carbocycles. The van der Waals surface area contributed by atoms with E-state index in [0.29, 0.717) is 29.8 Å². The van der Waals surface area contributed by atoms with Crippen LogP contribution in [0.5, 0.6) is 5.75 Å². The largest absolute Gasteiger partial charge is 0.497 e. The number of carbonyl (C=O) groups excluding carboxylic acids is 3. The summed E-state index contributed by atoms with van der Waals surface area (Å²) < 4.78 is 24.7. The first-order chi connectivity index (χ1) is 20.6. The molecule has 3 N–H and O–H groups in total. The fourth-order valence-corrected chi connectivity index (χ4v) is 6.97. The molecule has 0 saturated heterocycles. The molecule has 0 spiro atoms. The van der Waals surface area contributed by atoms with Gasteiger partial charge in [-0.25, -0.2) is 0 Å². The van der Waals surface area contributed by atoms with E-state index in [0.717, 1.165) is 11.1 Å². The first-order valence-corrected chi connectivity index (χ1v) is 16.3. The summed E-state index contributed by atoms with van der Waals surface area (Å²) in [6.45, 7) is 3.99. The number of amides is 3. The van der Waals surface area contributed by atoms with Gasteiger partial charge in [0.25, 0.3) is 5.91 Å². The molecule has 0 bridgehead atoms. The van der Waals surface area contributed by atoms with Crippen molar-refractivity contribution in [2.45, 2.75) is 38.9 Å². The molecule has 9 nitrogen and oxygen atoms in total. The number of hydrogen-bond acceptors (Lipinski definition) is 6. The molecule has 3 aromatic rings. The van der Waals surface area contributed by atoms with Gasteiger partial charge in [0.1, 0.15) is 11.8 Å². The highest BCUT2D eigenvalue weighted by Gasteiger charge is 2.33. The van der Waals surface area contributed by atoms with Crippen LogP contribution in [-0.2, 0) is 31.3 Å². The summed E-state index contributed by atoms with van der Waals surface area (Å²) in [5.74, 6) is -0.663. The van der Waals surface area contributed by atoms with Crippen molar-refractivity contribution >= 4 is 30.8 Å². The lowest BCUT2D eigenvalue weighted by Gasteiger charge is -2.26. The number of hydrogen-bond donors (Lipinski definition) is 3. The molecule has 0 aromatic heterocycles. The Balaban J connectivity index is 1.71. The first kappa shape index (κ1) is 33.6. The van der Waals surface area contributed by atoms with Crippen LogP contribution in [0.3, 0.4) is 0 Å². The van der Waals surface area contributed by atoms with Crippen LogP contribution >= 0.6 is 7.37 Å². The molecule has 43 heavy (non-hydrogen) atoms. The lowest BCUT2D eigenvalue weighted by atomic mass is 9.97. The third kappa shape index (κ3) is 10.4. The van der Waals surface area contributed by atoms with Crippen LogP contribution in [0.1, 0.15) is 41.8 Å². The Kier molecular flexibility index (Phi) is 12.5. The van der Waals surface area contributed by atoms with Gasteiger partial charge in [0.15, 0.2) is 0 Å². The average Bonchev–Trinajstić information content (AvgIpc) is 3.01. The van der Waals surface area contributed by atoms with Crippen molar-refractivity contribution < 1.29 is 28.2 Å². The van der Waals surface area contributed by atoms with Crippen LogP contribution in [0.4, 0.5) is 5.69 Å². The van der Waals surface area contributed by atoms with Crippen molar-refractivity contribution in [3.63, 3.8) is 0 Å². The number of methoxy groups -OCH3 is 1. The monoisotopic (exact) mass is 607 g/mol. The van der Waals surface area contributed by atoms with Gasteiger partial charge in [0.05, 0.1) is 7.11 Å². The maximum atomic E-state index is 14.0. The van der Waals surface area contributed by atoms with Crippen molar-refractivity contribution in [3.05, 3.63) is 95.6 Å². The van der Waals surface area contributed by atoms with Gasteiger partial charge in [-0.05, 0) is 59.9 Å². The summed E-state index contributed by atoms with van der Waals surface area (Å²) >= 11 is 0. The van der Waals surface area contributed by atoms with Gasteiger partial charge in [-0.3, -0.25) is 18.9 Å². The highest BCUT2D eigenvalue weighted by atomic mass is 31.2. The van der Waals surface area contributed by atoms with Crippen molar-refractivity contribution in [3.8, 4) is 5.75 Å². The van der Waals surface area contributed by atoms with E-state index >= 15 is 0 Å². The SMILES string of the molecule is CNC(=O)C(Cc1ccc(OC)cc1)NC(=O)C(CC(C)C)CP(=O)(Cc1ccc(NC(=O)c2ccccc2)cc1)OC. The summed E-state index contributed by atoms with van der Waals surface area (Å²) in [7, 11) is 1.22. The topological polar surface area (TPSA) is 123 Å². The maximum absolute atomic E-state index is 14.0. The van der Waals surface area contributed by atoms with Gasteiger partial charge >= 0.3 is 0 Å². The van der Waals surface area contributed by atoms with Crippen molar-refractivity contribution in [2.24, 2.45) is 11.8 Å². The Morgan fingerprint density at radius 3 is 2.02 bits per heavy atom. The van der Waals surface area contributed by atoms with Crippen LogP contribution in [0.25, 0.3) is 0 Å². The Bertz CT molecular complexity index is 1390. The minimum Gasteiger partial charge on any atom is -0.497 e. The van der Waals surface area contributed by atoms with Gasteiger partial charge in [0, 0.05) is 50.1 Å². The summed E-state index contributed by atoms with van der Waals surface area (Å²) in [5, 5.41) is 8.38. The second kappa shape index (κ2) is 16.1. The Hall–Kier alpha value is -3.94. The van der Waals surface area contributed by atoms with E-state index in [1.54, 1.807) is 67.8 Å². The summed E-state index contributed by atoms with van der Waals surface area (Å²) in [4.78, 5) is 38.8. The van der Waals surface area contributed by atoms with E-state index in [2.05, 4.69) is 16.0 Å². The lowest BCUT2D eigenvalue weighted by Crippen LogP contribution is -2.49. The highest BCUT2D eigenvalue weighted by molar-refractivity contribution is 7.58. The predicted octanol–water partition coefficient (Wildman–Crippen LogP) is 5.51. The van der Waals surface area contributed by atoms with Gasteiger partial charge in [0.2, 0.25) is 19.2 Å². The fraction of sp³-hybridized carbons (Fsp3) is 0.364. The molecule has 0 aliphatic heterocycles. The number of benzene rings is 3. The molecule has 3 unspecified atom stereocenters. The van der Waals surface area contributed by atoms with Crippen molar-refractivity contribution in [2.75, 3.05) is 32.7 Å². The molecule has 0 aliphatic carbocycles. The summed E-state index contributed by atoms with van der Waals surface area (Å²) in [5.41, 5.74) is 2.78. The molecule has 3 rings (SSSR count). The minimum absolute atomic E-state index is 0.0308. The van der Waals surface area contributed by atoms with E-state index in [-0.39, 0.29) is 36.0 Å². The molecular formula is C33H42N3O6P. The summed E-state index contributed by atoms with van der Waals surface area (Å²) in [6.07, 6.45) is 0.928. The van der Waals surface area contributed by atoms with E-state index < -0.39 is 19.3 Å². The minimum atomic E-state index is -3.29. The molecule has 0 aliphatic rings. The molecule has 230 valence electrons. The van der Waals surface area contributed by atoms with Gasteiger partial charge in [-0.15, -0.1) is 0 Å². The van der Waals surface area contributed by atoms with E-state index in [4.69, 9.17) is 9.26 Å². The normalized spacial score (nSPS) is 13.8. The number of ether oxygens (including phenoxy) is 1. The number of rotatable bonds is 15. The number of carbonyl (C=O) groups is 3. The second-order valence-corrected chi connectivity index (χ2v) is 13.6. The zero-order chi connectivity index (χ0) is 31.4. The second-order valence-electron chi connectivity index (χ2n) is 10.9. The zero-order valence-electron chi connectivity index (χ0n) is 25.5. The van der Waals surface area contributed by atoms with E-state index in [1.165, 1.54) is 14.2 Å².